The molecule has 0 bridgehead atoms. The number of hydrogen-bond acceptors (Lipinski definition) is 3. The van der Waals surface area contributed by atoms with Crippen molar-refractivity contribution < 1.29 is 4.79 Å². The molecule has 1 aromatic carbocycles. The minimum absolute atomic E-state index is 0.118. The van der Waals surface area contributed by atoms with E-state index in [2.05, 4.69) is 28.6 Å². The van der Waals surface area contributed by atoms with Crippen LogP contribution in [0.3, 0.4) is 0 Å². The van der Waals surface area contributed by atoms with Crippen LogP contribution in [0.4, 0.5) is 0 Å². The van der Waals surface area contributed by atoms with Crippen LogP contribution in [0.5, 0.6) is 0 Å². The molecule has 76 valence electrons. The Hall–Kier alpha value is 0.0700. The van der Waals surface area contributed by atoms with Crippen LogP contribution in [0.2, 0.25) is 0 Å². The Balaban J connectivity index is 3.13. The first kappa shape index (κ1) is 12.1. The lowest BCUT2D eigenvalue weighted by Gasteiger charge is -2.11. The third-order valence-corrected chi connectivity index (χ3v) is 4.06. The first-order chi connectivity index (χ1) is 6.56. The van der Waals surface area contributed by atoms with E-state index in [0.29, 0.717) is 0 Å². The molecule has 1 rings (SSSR count). The summed E-state index contributed by atoms with van der Waals surface area (Å²) in [6.45, 7) is 1.58. The van der Waals surface area contributed by atoms with E-state index >= 15 is 0 Å². The fourth-order valence-electron chi connectivity index (χ4n) is 1.13. The molecule has 0 radical (unpaired) electrons. The van der Waals surface area contributed by atoms with Crippen LogP contribution in [0, 0.1) is 0 Å². The monoisotopic (exact) mass is 290 g/mol. The van der Waals surface area contributed by atoms with E-state index in [1.165, 1.54) is 0 Å². The fourth-order valence-corrected chi connectivity index (χ4v) is 2.64. The Bertz CT molecular complexity index is 352. The van der Waals surface area contributed by atoms with E-state index in [9.17, 15) is 4.79 Å². The molecular formula is C10H11BrOS2. The molecule has 0 aliphatic rings. The summed E-state index contributed by atoms with van der Waals surface area (Å²) in [6, 6.07) is 5.81. The number of hydrogen-bond donors (Lipinski definition) is 1. The van der Waals surface area contributed by atoms with Gasteiger partial charge in [0.05, 0.1) is 4.83 Å². The second-order valence-corrected chi connectivity index (χ2v) is 5.18. The van der Waals surface area contributed by atoms with E-state index in [1.807, 2.05) is 24.5 Å². The second-order valence-electron chi connectivity index (χ2n) is 2.90. The van der Waals surface area contributed by atoms with Crippen molar-refractivity contribution in [3.05, 3.63) is 23.8 Å². The Morgan fingerprint density at radius 1 is 1.57 bits per heavy atom. The number of ketones is 1. The average molecular weight is 291 g/mol. The van der Waals surface area contributed by atoms with Crippen LogP contribution in [0.15, 0.2) is 28.0 Å². The Kier molecular flexibility index (Phi) is 4.54. The highest BCUT2D eigenvalue weighted by Crippen LogP contribution is 2.33. The number of rotatable bonds is 3. The lowest BCUT2D eigenvalue weighted by Crippen LogP contribution is -2.02. The molecule has 0 heterocycles. The van der Waals surface area contributed by atoms with Crippen LogP contribution in [0.1, 0.15) is 17.3 Å². The zero-order valence-electron chi connectivity index (χ0n) is 7.95. The summed E-state index contributed by atoms with van der Waals surface area (Å²) < 4.78 is 0. The molecule has 0 N–H and O–H groups in total. The maximum Gasteiger partial charge on any atom is 0.147 e. The van der Waals surface area contributed by atoms with Gasteiger partial charge in [0.25, 0.3) is 0 Å². The smallest absolute Gasteiger partial charge is 0.147 e. The number of thiol groups is 1. The molecular weight excluding hydrogens is 280 g/mol. The van der Waals surface area contributed by atoms with Gasteiger partial charge < -0.3 is 0 Å². The van der Waals surface area contributed by atoms with Crippen molar-refractivity contribution in [2.24, 2.45) is 0 Å². The molecule has 0 aromatic heterocycles. The van der Waals surface area contributed by atoms with E-state index in [0.717, 1.165) is 15.4 Å². The van der Waals surface area contributed by atoms with Gasteiger partial charge in [-0.1, -0.05) is 22.0 Å². The molecule has 14 heavy (non-hydrogen) atoms. The SMILES string of the molecule is CSc1cc(S)ccc1C(Br)C(C)=O. The molecule has 0 aliphatic heterocycles. The zero-order valence-corrected chi connectivity index (χ0v) is 11.2. The summed E-state index contributed by atoms with van der Waals surface area (Å²) in [4.78, 5) is 13.0. The number of benzene rings is 1. The van der Waals surface area contributed by atoms with Crippen LogP contribution >= 0.6 is 40.3 Å². The molecule has 1 unspecified atom stereocenters. The quantitative estimate of drug-likeness (QED) is 0.519. The van der Waals surface area contributed by atoms with Crippen molar-refractivity contribution in [3.8, 4) is 0 Å². The van der Waals surface area contributed by atoms with Gasteiger partial charge in [-0.3, -0.25) is 4.79 Å². The number of halogens is 1. The summed E-state index contributed by atoms with van der Waals surface area (Å²) in [5.41, 5.74) is 1.02. The molecule has 0 saturated heterocycles. The number of carbonyl (C=O) groups excluding carboxylic acids is 1. The molecule has 0 fully saturated rings. The van der Waals surface area contributed by atoms with Crippen molar-refractivity contribution in [2.75, 3.05) is 6.26 Å². The molecule has 0 amide bonds. The second kappa shape index (κ2) is 5.24. The third-order valence-electron chi connectivity index (χ3n) is 1.85. The lowest BCUT2D eigenvalue weighted by atomic mass is 10.1. The predicted octanol–water partition coefficient (Wildman–Crippen LogP) is 3.72. The molecule has 0 aliphatic carbocycles. The van der Waals surface area contributed by atoms with E-state index < -0.39 is 0 Å². The number of Topliss-reactive ketones (excluding diaryl/α,β-unsaturated/α-hetero) is 1. The molecule has 4 heteroatoms. The lowest BCUT2D eigenvalue weighted by molar-refractivity contribution is -0.116. The van der Waals surface area contributed by atoms with Gasteiger partial charge in [0.2, 0.25) is 0 Å². The number of carbonyl (C=O) groups is 1. The topological polar surface area (TPSA) is 17.1 Å². The Morgan fingerprint density at radius 2 is 2.21 bits per heavy atom. The van der Waals surface area contributed by atoms with Crippen LogP contribution < -0.4 is 0 Å². The van der Waals surface area contributed by atoms with Crippen LogP contribution in [-0.4, -0.2) is 12.0 Å². The van der Waals surface area contributed by atoms with Gasteiger partial charge in [0.15, 0.2) is 0 Å². The number of thioether (sulfide) groups is 1. The summed E-state index contributed by atoms with van der Waals surface area (Å²) in [5.74, 6) is 0.118. The fraction of sp³-hybridized carbons (Fsp3) is 0.300. The Morgan fingerprint density at radius 3 is 2.71 bits per heavy atom. The minimum atomic E-state index is -0.209. The van der Waals surface area contributed by atoms with Crippen molar-refractivity contribution >= 4 is 46.1 Å². The largest absolute Gasteiger partial charge is 0.298 e. The van der Waals surface area contributed by atoms with Crippen LogP contribution in [-0.2, 0) is 4.79 Å². The normalized spacial score (nSPS) is 12.6. The summed E-state index contributed by atoms with van der Waals surface area (Å²) >= 11 is 9.26. The average Bonchev–Trinajstić information content (AvgIpc) is 2.16. The zero-order chi connectivity index (χ0) is 10.7. The molecule has 1 aromatic rings. The van der Waals surface area contributed by atoms with Gasteiger partial charge in [-0.2, -0.15) is 0 Å². The first-order valence-electron chi connectivity index (χ1n) is 4.07. The molecule has 1 atom stereocenters. The van der Waals surface area contributed by atoms with Crippen molar-refractivity contribution in [1.29, 1.82) is 0 Å². The van der Waals surface area contributed by atoms with E-state index in [-0.39, 0.29) is 10.6 Å². The highest BCUT2D eigenvalue weighted by atomic mass is 79.9. The number of alkyl halides is 1. The Labute approximate surface area is 102 Å². The van der Waals surface area contributed by atoms with Gasteiger partial charge in [-0.15, -0.1) is 24.4 Å². The van der Waals surface area contributed by atoms with Crippen molar-refractivity contribution in [2.45, 2.75) is 21.5 Å². The standard InChI is InChI=1S/C10H11BrOS2/c1-6(12)10(11)8-4-3-7(13)5-9(8)14-2/h3-5,10,13H,1-2H3. The van der Waals surface area contributed by atoms with E-state index in [4.69, 9.17) is 0 Å². The highest BCUT2D eigenvalue weighted by molar-refractivity contribution is 9.09. The first-order valence-corrected chi connectivity index (χ1v) is 6.66. The summed E-state index contributed by atoms with van der Waals surface area (Å²) in [6.07, 6.45) is 1.99. The van der Waals surface area contributed by atoms with Crippen LogP contribution in [0.25, 0.3) is 0 Å². The maximum absolute atomic E-state index is 11.2. The van der Waals surface area contributed by atoms with E-state index in [1.54, 1.807) is 18.7 Å². The molecule has 1 nitrogen and oxygen atoms in total. The molecule has 0 spiro atoms. The van der Waals surface area contributed by atoms with Gasteiger partial charge in [-0.05, 0) is 30.9 Å². The van der Waals surface area contributed by atoms with Gasteiger partial charge in [-0.25, -0.2) is 0 Å². The van der Waals surface area contributed by atoms with Crippen molar-refractivity contribution in [3.63, 3.8) is 0 Å². The summed E-state index contributed by atoms with van der Waals surface area (Å²) in [7, 11) is 0. The maximum atomic E-state index is 11.2. The summed E-state index contributed by atoms with van der Waals surface area (Å²) in [5, 5.41) is 0. The highest BCUT2D eigenvalue weighted by Gasteiger charge is 2.15. The van der Waals surface area contributed by atoms with Gasteiger partial charge in [0.1, 0.15) is 5.78 Å². The van der Waals surface area contributed by atoms with Gasteiger partial charge >= 0.3 is 0 Å². The third kappa shape index (κ3) is 2.78. The van der Waals surface area contributed by atoms with Crippen molar-refractivity contribution in [1.82, 2.24) is 0 Å². The molecule has 0 saturated carbocycles. The predicted molar refractivity (Wildman–Crippen MR) is 67.8 cm³/mol. The van der Waals surface area contributed by atoms with Gasteiger partial charge in [0, 0.05) is 9.79 Å². The minimum Gasteiger partial charge on any atom is -0.298 e.